The smallest absolute Gasteiger partial charge is 0.336 e. The van der Waals surface area contributed by atoms with Crippen LogP contribution < -0.4 is 0 Å². The molecule has 2 aromatic carbocycles. The first kappa shape index (κ1) is 16.0. The van der Waals surface area contributed by atoms with Crippen LogP contribution >= 0.6 is 0 Å². The summed E-state index contributed by atoms with van der Waals surface area (Å²) < 4.78 is 0. The standard InChI is InChI=1S/C19H20O3/c1-3-13(2)15-10-8-14(9-11-15)12-18(20)16-6-4-5-7-17(16)19(21)22/h4-11,13H,3,12H2,1-2H3,(H,21,22). The van der Waals surface area contributed by atoms with Crippen molar-refractivity contribution in [2.75, 3.05) is 0 Å². The Morgan fingerprint density at radius 1 is 1.00 bits per heavy atom. The van der Waals surface area contributed by atoms with E-state index in [0.29, 0.717) is 5.92 Å². The third kappa shape index (κ3) is 3.61. The molecule has 2 aromatic rings. The molecule has 1 N–H and O–H groups in total. The summed E-state index contributed by atoms with van der Waals surface area (Å²) in [6.07, 6.45) is 1.29. The Morgan fingerprint density at radius 3 is 2.14 bits per heavy atom. The van der Waals surface area contributed by atoms with Gasteiger partial charge in [-0.05, 0) is 29.5 Å². The summed E-state index contributed by atoms with van der Waals surface area (Å²) in [5.41, 5.74) is 2.48. The maximum absolute atomic E-state index is 12.4. The molecule has 1 unspecified atom stereocenters. The minimum atomic E-state index is -1.07. The third-order valence-corrected chi connectivity index (χ3v) is 3.98. The van der Waals surface area contributed by atoms with Crippen molar-refractivity contribution in [3.05, 3.63) is 70.8 Å². The van der Waals surface area contributed by atoms with Crippen molar-refractivity contribution in [1.82, 2.24) is 0 Å². The monoisotopic (exact) mass is 296 g/mol. The van der Waals surface area contributed by atoms with Gasteiger partial charge in [-0.25, -0.2) is 4.79 Å². The number of ketones is 1. The van der Waals surface area contributed by atoms with Gasteiger partial charge in [0, 0.05) is 12.0 Å². The molecule has 0 bridgehead atoms. The van der Waals surface area contributed by atoms with Crippen LogP contribution in [0.4, 0.5) is 0 Å². The van der Waals surface area contributed by atoms with Gasteiger partial charge in [-0.15, -0.1) is 0 Å². The van der Waals surface area contributed by atoms with E-state index in [-0.39, 0.29) is 23.3 Å². The SMILES string of the molecule is CCC(C)c1ccc(CC(=O)c2ccccc2C(=O)O)cc1. The van der Waals surface area contributed by atoms with Crippen molar-refractivity contribution < 1.29 is 14.7 Å². The second kappa shape index (κ2) is 7.03. The maximum Gasteiger partial charge on any atom is 0.336 e. The number of carbonyl (C=O) groups excluding carboxylic acids is 1. The van der Waals surface area contributed by atoms with Crippen LogP contribution in [-0.4, -0.2) is 16.9 Å². The minimum Gasteiger partial charge on any atom is -0.478 e. The molecule has 2 rings (SSSR count). The number of hydrogen-bond acceptors (Lipinski definition) is 2. The molecule has 0 aliphatic rings. The number of rotatable bonds is 6. The van der Waals surface area contributed by atoms with E-state index < -0.39 is 5.97 Å². The lowest BCUT2D eigenvalue weighted by molar-refractivity contribution is 0.0692. The van der Waals surface area contributed by atoms with Gasteiger partial charge in [-0.3, -0.25) is 4.79 Å². The largest absolute Gasteiger partial charge is 0.478 e. The number of Topliss-reactive ketones (excluding diaryl/α,β-unsaturated/α-hetero) is 1. The van der Waals surface area contributed by atoms with E-state index in [2.05, 4.69) is 13.8 Å². The fraction of sp³-hybridized carbons (Fsp3) is 0.263. The van der Waals surface area contributed by atoms with Crippen LogP contribution in [0.25, 0.3) is 0 Å². The normalized spacial score (nSPS) is 11.9. The van der Waals surface area contributed by atoms with Crippen molar-refractivity contribution >= 4 is 11.8 Å². The van der Waals surface area contributed by atoms with Crippen molar-refractivity contribution in [1.29, 1.82) is 0 Å². The summed E-state index contributed by atoms with van der Waals surface area (Å²) in [5.74, 6) is -0.747. The van der Waals surface area contributed by atoms with Gasteiger partial charge in [-0.1, -0.05) is 56.3 Å². The Labute approximate surface area is 130 Å². The molecule has 114 valence electrons. The molecule has 1 atom stereocenters. The highest BCUT2D eigenvalue weighted by atomic mass is 16.4. The summed E-state index contributed by atoms with van der Waals surface area (Å²) in [5, 5.41) is 9.15. The van der Waals surface area contributed by atoms with E-state index in [4.69, 9.17) is 5.11 Å². The van der Waals surface area contributed by atoms with Crippen molar-refractivity contribution in [3.63, 3.8) is 0 Å². The molecule has 0 saturated heterocycles. The van der Waals surface area contributed by atoms with Gasteiger partial charge in [-0.2, -0.15) is 0 Å². The van der Waals surface area contributed by atoms with Crippen molar-refractivity contribution in [2.24, 2.45) is 0 Å². The number of aromatic carboxylic acids is 1. The predicted molar refractivity (Wildman–Crippen MR) is 86.6 cm³/mol. The highest BCUT2D eigenvalue weighted by Crippen LogP contribution is 2.20. The minimum absolute atomic E-state index is 0.0590. The van der Waals surface area contributed by atoms with Crippen LogP contribution in [0.3, 0.4) is 0 Å². The lowest BCUT2D eigenvalue weighted by atomic mass is 9.95. The lowest BCUT2D eigenvalue weighted by Gasteiger charge is -2.10. The van der Waals surface area contributed by atoms with E-state index in [1.54, 1.807) is 18.2 Å². The Balaban J connectivity index is 2.17. The average Bonchev–Trinajstić information content (AvgIpc) is 2.54. The van der Waals surface area contributed by atoms with Gasteiger partial charge >= 0.3 is 5.97 Å². The zero-order chi connectivity index (χ0) is 16.1. The van der Waals surface area contributed by atoms with Gasteiger partial charge in [0.2, 0.25) is 0 Å². The Morgan fingerprint density at radius 2 is 1.59 bits per heavy atom. The van der Waals surface area contributed by atoms with Gasteiger partial charge < -0.3 is 5.11 Å². The first-order chi connectivity index (χ1) is 10.5. The summed E-state index contributed by atoms with van der Waals surface area (Å²) >= 11 is 0. The molecule has 3 heteroatoms. The average molecular weight is 296 g/mol. The van der Waals surface area contributed by atoms with E-state index in [9.17, 15) is 9.59 Å². The highest BCUT2D eigenvalue weighted by molar-refractivity contribution is 6.06. The summed E-state index contributed by atoms with van der Waals surface area (Å²) in [6, 6.07) is 14.3. The van der Waals surface area contributed by atoms with Crippen LogP contribution in [0.1, 0.15) is 58.0 Å². The molecule has 0 fully saturated rings. The molecule has 0 aliphatic heterocycles. The Kier molecular flexibility index (Phi) is 5.10. The van der Waals surface area contributed by atoms with Crippen LogP contribution in [0.2, 0.25) is 0 Å². The van der Waals surface area contributed by atoms with Crippen LogP contribution in [-0.2, 0) is 6.42 Å². The van der Waals surface area contributed by atoms with Crippen LogP contribution in [0.5, 0.6) is 0 Å². The molecule has 0 aliphatic carbocycles. The van der Waals surface area contributed by atoms with Gasteiger partial charge in [0.1, 0.15) is 0 Å². The zero-order valence-corrected chi connectivity index (χ0v) is 12.9. The van der Waals surface area contributed by atoms with E-state index in [1.807, 2.05) is 24.3 Å². The topological polar surface area (TPSA) is 54.4 Å². The van der Waals surface area contributed by atoms with Crippen molar-refractivity contribution in [2.45, 2.75) is 32.6 Å². The number of carbonyl (C=O) groups is 2. The first-order valence-corrected chi connectivity index (χ1v) is 7.47. The molecule has 0 radical (unpaired) electrons. The molecule has 22 heavy (non-hydrogen) atoms. The fourth-order valence-corrected chi connectivity index (χ4v) is 2.39. The molecule has 0 heterocycles. The molecular formula is C19H20O3. The molecule has 0 amide bonds. The zero-order valence-electron chi connectivity index (χ0n) is 12.9. The highest BCUT2D eigenvalue weighted by Gasteiger charge is 2.16. The first-order valence-electron chi connectivity index (χ1n) is 7.47. The fourth-order valence-electron chi connectivity index (χ4n) is 2.39. The molecule has 3 nitrogen and oxygen atoms in total. The molecule has 0 aromatic heterocycles. The van der Waals surface area contributed by atoms with Gasteiger partial charge in [0.15, 0.2) is 5.78 Å². The lowest BCUT2D eigenvalue weighted by Crippen LogP contribution is -2.10. The predicted octanol–water partition coefficient (Wildman–Crippen LogP) is 4.32. The van der Waals surface area contributed by atoms with Gasteiger partial charge in [0.05, 0.1) is 5.56 Å². The third-order valence-electron chi connectivity index (χ3n) is 3.98. The number of hydrogen-bond donors (Lipinski definition) is 1. The molecular weight excluding hydrogens is 276 g/mol. The van der Waals surface area contributed by atoms with E-state index in [0.717, 1.165) is 12.0 Å². The van der Waals surface area contributed by atoms with Crippen LogP contribution in [0.15, 0.2) is 48.5 Å². The number of carboxylic acids is 1. The van der Waals surface area contributed by atoms with Crippen molar-refractivity contribution in [3.8, 4) is 0 Å². The molecule has 0 saturated carbocycles. The Hall–Kier alpha value is -2.42. The second-order valence-corrected chi connectivity index (χ2v) is 5.50. The number of carboxylic acid groups (broad SMARTS) is 1. The van der Waals surface area contributed by atoms with Gasteiger partial charge in [0.25, 0.3) is 0 Å². The molecule has 0 spiro atoms. The van der Waals surface area contributed by atoms with E-state index >= 15 is 0 Å². The quantitative estimate of drug-likeness (QED) is 0.807. The van der Waals surface area contributed by atoms with Crippen LogP contribution in [0, 0.1) is 0 Å². The Bertz CT molecular complexity index is 671. The second-order valence-electron chi connectivity index (χ2n) is 5.50. The number of benzene rings is 2. The van der Waals surface area contributed by atoms with E-state index in [1.165, 1.54) is 11.6 Å². The summed E-state index contributed by atoms with van der Waals surface area (Å²) in [6.45, 7) is 4.31. The maximum atomic E-state index is 12.4. The summed E-state index contributed by atoms with van der Waals surface area (Å²) in [7, 11) is 0. The summed E-state index contributed by atoms with van der Waals surface area (Å²) in [4.78, 5) is 23.5.